The molecule has 1 unspecified atom stereocenters. The second-order valence-electron chi connectivity index (χ2n) is 4.88. The van der Waals surface area contributed by atoms with Crippen LogP contribution in [-0.4, -0.2) is 21.9 Å². The monoisotopic (exact) mass is 245 g/mol. The van der Waals surface area contributed by atoms with Crippen LogP contribution in [0.25, 0.3) is 0 Å². The molecule has 2 aliphatic carbocycles. The average molecular weight is 245 g/mol. The molecule has 0 radical (unpaired) electrons. The van der Waals surface area contributed by atoms with Gasteiger partial charge in [0.1, 0.15) is 11.5 Å². The number of allylic oxidation sites excluding steroid dienone is 1. The molecule has 1 atom stereocenters. The van der Waals surface area contributed by atoms with Gasteiger partial charge in [-0.15, -0.1) is 0 Å². The summed E-state index contributed by atoms with van der Waals surface area (Å²) in [6.45, 7) is 0. The van der Waals surface area contributed by atoms with E-state index in [1.807, 2.05) is 12.2 Å². The summed E-state index contributed by atoms with van der Waals surface area (Å²) in [5.74, 6) is 0.714. The Kier molecular flexibility index (Phi) is 2.74. The number of rotatable bonds is 3. The highest BCUT2D eigenvalue weighted by Crippen LogP contribution is 2.37. The lowest BCUT2D eigenvalue weighted by molar-refractivity contribution is 0.0938. The third-order valence-electron chi connectivity index (χ3n) is 3.29. The van der Waals surface area contributed by atoms with Crippen LogP contribution in [0.15, 0.2) is 23.0 Å². The largest absolute Gasteiger partial charge is 0.344 e. The third kappa shape index (κ3) is 2.34. The van der Waals surface area contributed by atoms with Gasteiger partial charge >= 0.3 is 0 Å². The molecule has 1 aromatic heterocycles. The fraction of sp³-hybridized carbons (Fsp3) is 0.462. The summed E-state index contributed by atoms with van der Waals surface area (Å²) in [7, 11) is 0. The molecular formula is C13H15N3O2. The second kappa shape index (κ2) is 4.40. The van der Waals surface area contributed by atoms with Crippen LogP contribution < -0.4 is 10.9 Å². The van der Waals surface area contributed by atoms with Crippen molar-refractivity contribution in [1.29, 1.82) is 0 Å². The van der Waals surface area contributed by atoms with Gasteiger partial charge in [0.2, 0.25) is 0 Å². The highest BCUT2D eigenvalue weighted by atomic mass is 16.2. The van der Waals surface area contributed by atoms with Crippen LogP contribution in [0.4, 0.5) is 0 Å². The maximum absolute atomic E-state index is 12.0. The first-order valence-electron chi connectivity index (χ1n) is 6.31. The van der Waals surface area contributed by atoms with E-state index < -0.39 is 0 Å². The minimum absolute atomic E-state index is 0.0722. The average Bonchev–Trinajstić information content (AvgIpc) is 3.08. The summed E-state index contributed by atoms with van der Waals surface area (Å²) in [6, 6.07) is 1.34. The molecule has 0 spiro atoms. The number of carbonyl (C=O) groups excluding carboxylic acids is 1. The van der Waals surface area contributed by atoms with Gasteiger partial charge < -0.3 is 10.3 Å². The molecule has 5 heteroatoms. The van der Waals surface area contributed by atoms with E-state index in [4.69, 9.17) is 0 Å². The van der Waals surface area contributed by atoms with Crippen molar-refractivity contribution in [3.63, 3.8) is 0 Å². The Bertz CT molecular complexity index is 558. The first-order valence-corrected chi connectivity index (χ1v) is 6.31. The minimum atomic E-state index is -0.264. The molecule has 0 saturated heterocycles. The number of aromatic amines is 1. The first kappa shape index (κ1) is 11.2. The van der Waals surface area contributed by atoms with E-state index in [0.717, 1.165) is 25.7 Å². The lowest BCUT2D eigenvalue weighted by Gasteiger charge is -2.10. The SMILES string of the molecule is O=C(NC1C=CCC1)c1cc(=O)[nH]c(C2CC2)n1. The Labute approximate surface area is 104 Å². The number of hydrogen-bond donors (Lipinski definition) is 2. The fourth-order valence-electron chi connectivity index (χ4n) is 2.14. The highest BCUT2D eigenvalue weighted by Gasteiger charge is 2.27. The van der Waals surface area contributed by atoms with Crippen molar-refractivity contribution in [3.05, 3.63) is 40.1 Å². The summed E-state index contributed by atoms with van der Waals surface area (Å²) in [5.41, 5.74) is -0.0278. The van der Waals surface area contributed by atoms with E-state index >= 15 is 0 Å². The van der Waals surface area contributed by atoms with Gasteiger partial charge in [0.05, 0.1) is 0 Å². The van der Waals surface area contributed by atoms with E-state index in [1.54, 1.807) is 0 Å². The summed E-state index contributed by atoms with van der Waals surface area (Å²) < 4.78 is 0. The minimum Gasteiger partial charge on any atom is -0.344 e. The topological polar surface area (TPSA) is 74.8 Å². The van der Waals surface area contributed by atoms with Gasteiger partial charge in [0.15, 0.2) is 0 Å². The molecule has 1 saturated carbocycles. The van der Waals surface area contributed by atoms with Crippen molar-refractivity contribution in [1.82, 2.24) is 15.3 Å². The molecule has 3 rings (SSSR count). The predicted molar refractivity (Wildman–Crippen MR) is 66.5 cm³/mol. The van der Waals surface area contributed by atoms with Crippen LogP contribution in [0.5, 0.6) is 0 Å². The number of nitrogens with one attached hydrogen (secondary N) is 2. The molecule has 2 N–H and O–H groups in total. The number of hydrogen-bond acceptors (Lipinski definition) is 3. The van der Waals surface area contributed by atoms with Gasteiger partial charge in [-0.05, 0) is 25.7 Å². The molecule has 18 heavy (non-hydrogen) atoms. The Morgan fingerprint density at radius 3 is 2.89 bits per heavy atom. The van der Waals surface area contributed by atoms with Crippen LogP contribution in [0, 0.1) is 0 Å². The first-order chi connectivity index (χ1) is 8.72. The second-order valence-corrected chi connectivity index (χ2v) is 4.88. The van der Waals surface area contributed by atoms with E-state index in [2.05, 4.69) is 15.3 Å². The highest BCUT2D eigenvalue weighted by molar-refractivity contribution is 5.92. The molecular weight excluding hydrogens is 230 g/mol. The van der Waals surface area contributed by atoms with E-state index in [9.17, 15) is 9.59 Å². The quantitative estimate of drug-likeness (QED) is 0.783. The lowest BCUT2D eigenvalue weighted by atomic mass is 10.2. The number of nitrogens with zero attached hydrogens (tertiary/aromatic N) is 1. The smallest absolute Gasteiger partial charge is 0.270 e. The molecule has 5 nitrogen and oxygen atoms in total. The van der Waals surface area contributed by atoms with Crippen molar-refractivity contribution in [3.8, 4) is 0 Å². The van der Waals surface area contributed by atoms with Crippen LogP contribution in [0.2, 0.25) is 0 Å². The van der Waals surface area contributed by atoms with Crippen LogP contribution in [0.1, 0.15) is 47.9 Å². The molecule has 1 fully saturated rings. The fourth-order valence-corrected chi connectivity index (χ4v) is 2.14. The zero-order valence-electron chi connectivity index (χ0n) is 9.98. The molecule has 1 heterocycles. The number of aromatic nitrogens is 2. The van der Waals surface area contributed by atoms with Crippen LogP contribution in [-0.2, 0) is 0 Å². The number of H-pyrrole nitrogens is 1. The zero-order valence-corrected chi connectivity index (χ0v) is 9.98. The van der Waals surface area contributed by atoms with Crippen LogP contribution in [0.3, 0.4) is 0 Å². The van der Waals surface area contributed by atoms with E-state index in [-0.39, 0.29) is 23.2 Å². The Balaban J connectivity index is 1.79. The predicted octanol–water partition coefficient (Wildman–Crippen LogP) is 1.10. The Morgan fingerprint density at radius 1 is 1.39 bits per heavy atom. The third-order valence-corrected chi connectivity index (χ3v) is 3.29. The Hall–Kier alpha value is -1.91. The number of carbonyl (C=O) groups is 1. The lowest BCUT2D eigenvalue weighted by Crippen LogP contribution is -2.33. The van der Waals surface area contributed by atoms with Crippen molar-refractivity contribution >= 4 is 5.91 Å². The van der Waals surface area contributed by atoms with Crippen LogP contribution >= 0.6 is 0 Å². The molecule has 2 aliphatic rings. The summed E-state index contributed by atoms with van der Waals surface area (Å²) >= 11 is 0. The summed E-state index contributed by atoms with van der Waals surface area (Å²) in [6.07, 6.45) is 8.02. The number of amides is 1. The van der Waals surface area contributed by atoms with Crippen molar-refractivity contribution in [2.45, 2.75) is 37.6 Å². The normalized spacial score (nSPS) is 22.1. The standard InChI is InChI=1S/C13H15N3O2/c17-11-7-10(15-12(16-11)8-5-6-8)13(18)14-9-3-1-2-4-9/h1,3,7-9H,2,4-6H2,(H,14,18)(H,15,16,17). The maximum atomic E-state index is 12.0. The summed E-state index contributed by atoms with van der Waals surface area (Å²) in [5, 5.41) is 2.87. The molecule has 1 aromatic rings. The molecule has 0 bridgehead atoms. The van der Waals surface area contributed by atoms with E-state index in [0.29, 0.717) is 11.7 Å². The van der Waals surface area contributed by atoms with Gasteiger partial charge in [0, 0.05) is 18.0 Å². The van der Waals surface area contributed by atoms with Gasteiger partial charge in [-0.25, -0.2) is 4.98 Å². The molecule has 0 aromatic carbocycles. The molecule has 0 aliphatic heterocycles. The van der Waals surface area contributed by atoms with Gasteiger partial charge in [-0.1, -0.05) is 12.2 Å². The van der Waals surface area contributed by atoms with Gasteiger partial charge in [-0.2, -0.15) is 0 Å². The van der Waals surface area contributed by atoms with Crippen molar-refractivity contribution in [2.24, 2.45) is 0 Å². The zero-order chi connectivity index (χ0) is 12.5. The van der Waals surface area contributed by atoms with Gasteiger partial charge in [0.25, 0.3) is 11.5 Å². The van der Waals surface area contributed by atoms with Crippen molar-refractivity contribution in [2.75, 3.05) is 0 Å². The summed E-state index contributed by atoms with van der Waals surface area (Å²) in [4.78, 5) is 30.4. The molecule has 1 amide bonds. The van der Waals surface area contributed by atoms with E-state index in [1.165, 1.54) is 6.07 Å². The van der Waals surface area contributed by atoms with Crippen molar-refractivity contribution < 1.29 is 4.79 Å². The Morgan fingerprint density at radius 2 is 2.22 bits per heavy atom. The van der Waals surface area contributed by atoms with Gasteiger partial charge in [-0.3, -0.25) is 9.59 Å². The molecule has 94 valence electrons. The maximum Gasteiger partial charge on any atom is 0.270 e.